The number of amides is 2. The third-order valence-electron chi connectivity index (χ3n) is 3.74. The molecule has 0 bridgehead atoms. The highest BCUT2D eigenvalue weighted by atomic mass is 16.4. The Balaban J connectivity index is 1.58. The van der Waals surface area contributed by atoms with Gasteiger partial charge in [0, 0.05) is 17.2 Å². The molecule has 0 saturated heterocycles. The molecule has 0 unspecified atom stereocenters. The van der Waals surface area contributed by atoms with E-state index in [4.69, 9.17) is 8.83 Å². The topological polar surface area (TPSA) is 93.2 Å². The Kier molecular flexibility index (Phi) is 4.83. The Hall–Kier alpha value is -3.09. The number of aryl methyl sites for hydroxylation is 1. The molecular formula is C18H20N4O3. The fourth-order valence-electron chi connectivity index (χ4n) is 2.22. The number of carbonyl (C=O) groups excluding carboxylic acids is 1. The number of urea groups is 1. The van der Waals surface area contributed by atoms with E-state index >= 15 is 0 Å². The minimum Gasteiger partial charge on any atom is -0.448 e. The molecule has 0 radical (unpaired) electrons. The summed E-state index contributed by atoms with van der Waals surface area (Å²) in [5, 5.41) is 5.50. The van der Waals surface area contributed by atoms with E-state index in [0.717, 1.165) is 11.3 Å². The molecular weight excluding hydrogens is 320 g/mol. The van der Waals surface area contributed by atoms with Crippen LogP contribution in [0.1, 0.15) is 37.0 Å². The number of hydrogen-bond donors (Lipinski definition) is 2. The number of nitrogens with one attached hydrogen (secondary N) is 2. The second kappa shape index (κ2) is 7.21. The van der Waals surface area contributed by atoms with Crippen LogP contribution in [-0.4, -0.2) is 16.0 Å². The first-order valence-corrected chi connectivity index (χ1v) is 8.03. The molecule has 7 nitrogen and oxygen atoms in total. The number of hydrogen-bond acceptors (Lipinski definition) is 5. The van der Waals surface area contributed by atoms with Gasteiger partial charge in [-0.3, -0.25) is 0 Å². The maximum atomic E-state index is 11.9. The van der Waals surface area contributed by atoms with Gasteiger partial charge in [-0.1, -0.05) is 13.8 Å². The Labute approximate surface area is 145 Å². The molecule has 2 heterocycles. The fraction of sp³-hybridized carbons (Fsp3) is 0.278. The summed E-state index contributed by atoms with van der Waals surface area (Å²) in [4.78, 5) is 20.3. The predicted molar refractivity (Wildman–Crippen MR) is 93.1 cm³/mol. The highest BCUT2D eigenvalue weighted by Crippen LogP contribution is 2.24. The molecule has 0 atom stereocenters. The predicted octanol–water partition coefficient (Wildman–Crippen LogP) is 4.08. The zero-order valence-electron chi connectivity index (χ0n) is 14.4. The van der Waals surface area contributed by atoms with Gasteiger partial charge in [-0.25, -0.2) is 14.8 Å². The van der Waals surface area contributed by atoms with Gasteiger partial charge in [-0.15, -0.1) is 0 Å². The van der Waals surface area contributed by atoms with Crippen molar-refractivity contribution in [2.24, 2.45) is 0 Å². The molecule has 0 spiro atoms. The highest BCUT2D eigenvalue weighted by molar-refractivity contribution is 5.89. The van der Waals surface area contributed by atoms with E-state index in [1.165, 1.54) is 6.39 Å². The second-order valence-electron chi connectivity index (χ2n) is 5.96. The molecule has 0 aliphatic rings. The van der Waals surface area contributed by atoms with Crippen molar-refractivity contribution in [1.82, 2.24) is 15.3 Å². The Morgan fingerprint density at radius 2 is 1.96 bits per heavy atom. The van der Waals surface area contributed by atoms with E-state index in [-0.39, 0.29) is 6.03 Å². The molecule has 3 rings (SSSR count). The van der Waals surface area contributed by atoms with Gasteiger partial charge in [-0.2, -0.15) is 0 Å². The van der Waals surface area contributed by atoms with Gasteiger partial charge in [0.05, 0.1) is 12.7 Å². The third-order valence-corrected chi connectivity index (χ3v) is 3.74. The van der Waals surface area contributed by atoms with Crippen LogP contribution in [0.2, 0.25) is 0 Å². The lowest BCUT2D eigenvalue weighted by Gasteiger charge is -2.07. The molecule has 2 N–H and O–H groups in total. The lowest BCUT2D eigenvalue weighted by atomic mass is 10.2. The summed E-state index contributed by atoms with van der Waals surface area (Å²) in [7, 11) is 0. The minimum absolute atomic E-state index is 0.291. The maximum absolute atomic E-state index is 11.9. The Bertz CT molecular complexity index is 849. The summed E-state index contributed by atoms with van der Waals surface area (Å²) in [6.45, 7) is 6.21. The number of benzene rings is 1. The van der Waals surface area contributed by atoms with Gasteiger partial charge >= 0.3 is 6.03 Å². The fourth-order valence-corrected chi connectivity index (χ4v) is 2.22. The van der Waals surface area contributed by atoms with Crippen LogP contribution in [0.5, 0.6) is 0 Å². The van der Waals surface area contributed by atoms with E-state index in [1.54, 1.807) is 25.3 Å². The zero-order valence-corrected chi connectivity index (χ0v) is 14.4. The Morgan fingerprint density at radius 1 is 1.20 bits per heavy atom. The summed E-state index contributed by atoms with van der Waals surface area (Å²) < 4.78 is 10.8. The lowest BCUT2D eigenvalue weighted by Crippen LogP contribution is -2.28. The zero-order chi connectivity index (χ0) is 17.8. The largest absolute Gasteiger partial charge is 0.448 e. The number of rotatable bonds is 5. The van der Waals surface area contributed by atoms with Crippen molar-refractivity contribution in [2.45, 2.75) is 33.2 Å². The SMILES string of the molecule is Cc1ocnc1CNC(=O)Nc1ccc(-c2ncc(C(C)C)o2)cc1. The molecule has 25 heavy (non-hydrogen) atoms. The molecule has 130 valence electrons. The van der Waals surface area contributed by atoms with E-state index in [9.17, 15) is 4.79 Å². The number of carbonyl (C=O) groups is 1. The van der Waals surface area contributed by atoms with Crippen LogP contribution in [0.15, 0.2) is 45.7 Å². The molecule has 0 fully saturated rings. The van der Waals surface area contributed by atoms with Crippen LogP contribution < -0.4 is 10.6 Å². The number of nitrogens with zero attached hydrogens (tertiary/aromatic N) is 2. The van der Waals surface area contributed by atoms with Crippen molar-refractivity contribution in [1.29, 1.82) is 0 Å². The summed E-state index contributed by atoms with van der Waals surface area (Å²) >= 11 is 0. The van der Waals surface area contributed by atoms with Crippen LogP contribution in [0, 0.1) is 6.92 Å². The molecule has 0 saturated carbocycles. The molecule has 2 aromatic heterocycles. The molecule has 3 aromatic rings. The van der Waals surface area contributed by atoms with Gasteiger partial charge in [-0.05, 0) is 31.2 Å². The first-order valence-electron chi connectivity index (χ1n) is 8.03. The molecule has 2 amide bonds. The second-order valence-corrected chi connectivity index (χ2v) is 5.96. The van der Waals surface area contributed by atoms with Crippen molar-refractivity contribution < 1.29 is 13.6 Å². The van der Waals surface area contributed by atoms with E-state index < -0.39 is 0 Å². The van der Waals surface area contributed by atoms with E-state index in [2.05, 4.69) is 34.4 Å². The normalized spacial score (nSPS) is 10.9. The average Bonchev–Trinajstić information content (AvgIpc) is 3.23. The smallest absolute Gasteiger partial charge is 0.319 e. The van der Waals surface area contributed by atoms with Crippen molar-refractivity contribution in [3.05, 3.63) is 54.1 Å². The molecule has 0 aliphatic heterocycles. The lowest BCUT2D eigenvalue weighted by molar-refractivity contribution is 0.251. The van der Waals surface area contributed by atoms with Crippen LogP contribution >= 0.6 is 0 Å². The first-order chi connectivity index (χ1) is 12.0. The summed E-state index contributed by atoms with van der Waals surface area (Å²) in [6, 6.07) is 7.00. The van der Waals surface area contributed by atoms with Crippen LogP contribution in [-0.2, 0) is 6.54 Å². The summed E-state index contributed by atoms with van der Waals surface area (Å²) in [5.74, 6) is 2.40. The van der Waals surface area contributed by atoms with E-state index in [0.29, 0.717) is 35.5 Å². The van der Waals surface area contributed by atoms with Crippen LogP contribution in [0.25, 0.3) is 11.5 Å². The average molecular weight is 340 g/mol. The summed E-state index contributed by atoms with van der Waals surface area (Å²) in [5.41, 5.74) is 2.24. The highest BCUT2D eigenvalue weighted by Gasteiger charge is 2.10. The van der Waals surface area contributed by atoms with Gasteiger partial charge in [0.1, 0.15) is 17.2 Å². The standard InChI is InChI=1S/C18H20N4O3/c1-11(2)16-9-19-17(25-16)13-4-6-14(7-5-13)22-18(23)20-8-15-12(3)24-10-21-15/h4-7,9-11H,8H2,1-3H3,(H2,20,22,23). The van der Waals surface area contributed by atoms with Crippen molar-refractivity contribution in [3.63, 3.8) is 0 Å². The van der Waals surface area contributed by atoms with E-state index in [1.807, 2.05) is 12.1 Å². The van der Waals surface area contributed by atoms with Gasteiger partial charge < -0.3 is 19.5 Å². The van der Waals surface area contributed by atoms with Gasteiger partial charge in [0.15, 0.2) is 6.39 Å². The quantitative estimate of drug-likeness (QED) is 0.730. The van der Waals surface area contributed by atoms with Gasteiger partial charge in [0.2, 0.25) is 5.89 Å². The molecule has 7 heteroatoms. The third kappa shape index (κ3) is 4.06. The van der Waals surface area contributed by atoms with Crippen molar-refractivity contribution >= 4 is 11.7 Å². The number of aromatic nitrogens is 2. The number of anilines is 1. The van der Waals surface area contributed by atoms with Gasteiger partial charge in [0.25, 0.3) is 0 Å². The van der Waals surface area contributed by atoms with Crippen LogP contribution in [0.4, 0.5) is 10.5 Å². The molecule has 1 aromatic carbocycles. The van der Waals surface area contributed by atoms with Crippen molar-refractivity contribution in [2.75, 3.05) is 5.32 Å². The van der Waals surface area contributed by atoms with Crippen molar-refractivity contribution in [3.8, 4) is 11.5 Å². The minimum atomic E-state index is -0.312. The summed E-state index contributed by atoms with van der Waals surface area (Å²) in [6.07, 6.45) is 3.10. The Morgan fingerprint density at radius 3 is 2.56 bits per heavy atom. The monoisotopic (exact) mass is 340 g/mol. The maximum Gasteiger partial charge on any atom is 0.319 e. The first kappa shape index (κ1) is 16.8. The molecule has 0 aliphatic carbocycles. The van der Waals surface area contributed by atoms with Crippen LogP contribution in [0.3, 0.4) is 0 Å². The number of oxazole rings is 2.